The van der Waals surface area contributed by atoms with Crippen LogP contribution in [-0.4, -0.2) is 16.8 Å². The van der Waals surface area contributed by atoms with Gasteiger partial charge < -0.3 is 15.2 Å². The molecule has 1 aliphatic rings. The molecular weight excluding hydrogens is 441 g/mol. The van der Waals surface area contributed by atoms with Crippen LogP contribution in [0.4, 0.5) is 15.8 Å². The number of carbonyl (C=O) groups is 2. The van der Waals surface area contributed by atoms with Crippen LogP contribution in [0.1, 0.15) is 31.8 Å². The molecule has 1 aromatic heterocycles. The van der Waals surface area contributed by atoms with Crippen molar-refractivity contribution in [2.45, 2.75) is 13.5 Å². The first-order valence-corrected chi connectivity index (χ1v) is 9.54. The first-order valence-electron chi connectivity index (χ1n) is 8.74. The molecule has 2 heterocycles. The van der Waals surface area contributed by atoms with Crippen molar-refractivity contribution in [3.63, 3.8) is 0 Å². The zero-order chi connectivity index (χ0) is 20.7. The monoisotopic (exact) mass is 455 g/mol. The molecule has 0 unspecified atom stereocenters. The van der Waals surface area contributed by atoms with Gasteiger partial charge in [-0.1, -0.05) is 15.9 Å². The quantitative estimate of drug-likeness (QED) is 0.625. The van der Waals surface area contributed by atoms with Crippen molar-refractivity contribution >= 4 is 39.1 Å². The Morgan fingerprint density at radius 3 is 2.69 bits per heavy atom. The van der Waals surface area contributed by atoms with E-state index in [1.807, 2.05) is 0 Å². The highest BCUT2D eigenvalue weighted by Gasteiger charge is 2.35. The summed E-state index contributed by atoms with van der Waals surface area (Å²) in [7, 11) is 0. The second-order valence-corrected chi connectivity index (χ2v) is 7.52. The van der Waals surface area contributed by atoms with E-state index in [1.54, 1.807) is 31.2 Å². The largest absolute Gasteiger partial charge is 0.329 e. The highest BCUT2D eigenvalue weighted by molar-refractivity contribution is 9.10. The number of H-pyrrole nitrogens is 1. The minimum atomic E-state index is -0.495. The Bertz CT molecular complexity index is 1220. The summed E-state index contributed by atoms with van der Waals surface area (Å²) >= 11 is 3.45. The SMILES string of the molecule is Cc1cc(F)ccc1N1Cc2c(Br)ccc(C(=O)Nc3cc[nH]c(=O)c3)c2C1=O. The van der Waals surface area contributed by atoms with Crippen LogP contribution in [-0.2, 0) is 6.54 Å². The highest BCUT2D eigenvalue weighted by atomic mass is 79.9. The predicted octanol–water partition coefficient (Wildman–Crippen LogP) is 4.00. The van der Waals surface area contributed by atoms with E-state index in [2.05, 4.69) is 26.2 Å². The van der Waals surface area contributed by atoms with Crippen molar-refractivity contribution < 1.29 is 14.0 Å². The molecule has 2 aromatic carbocycles. The third kappa shape index (κ3) is 3.47. The van der Waals surface area contributed by atoms with Crippen LogP contribution in [0.3, 0.4) is 0 Å². The number of rotatable bonds is 3. The maximum Gasteiger partial charge on any atom is 0.259 e. The summed E-state index contributed by atoms with van der Waals surface area (Å²) in [5, 5.41) is 2.65. The fraction of sp³-hybridized carbons (Fsp3) is 0.0952. The Kier molecular flexibility index (Phi) is 4.79. The third-order valence-electron chi connectivity index (χ3n) is 4.76. The van der Waals surface area contributed by atoms with E-state index < -0.39 is 5.91 Å². The van der Waals surface area contributed by atoms with Gasteiger partial charge in [-0.05, 0) is 54.4 Å². The van der Waals surface area contributed by atoms with Gasteiger partial charge in [0.1, 0.15) is 5.82 Å². The van der Waals surface area contributed by atoms with Gasteiger partial charge in [-0.3, -0.25) is 14.4 Å². The number of hydrogen-bond donors (Lipinski definition) is 2. The van der Waals surface area contributed by atoms with Crippen LogP contribution in [0.25, 0.3) is 0 Å². The van der Waals surface area contributed by atoms with Crippen LogP contribution in [0, 0.1) is 12.7 Å². The number of amides is 2. The molecule has 2 amide bonds. The Balaban J connectivity index is 1.73. The van der Waals surface area contributed by atoms with E-state index in [4.69, 9.17) is 0 Å². The van der Waals surface area contributed by atoms with Gasteiger partial charge in [0.2, 0.25) is 5.56 Å². The molecule has 0 atom stereocenters. The normalized spacial score (nSPS) is 12.8. The number of aromatic nitrogens is 1. The number of carbonyl (C=O) groups excluding carboxylic acids is 2. The van der Waals surface area contributed by atoms with Gasteiger partial charge in [0, 0.05) is 28.1 Å². The standard InChI is InChI=1S/C21H15BrFN3O3/c1-11-8-12(23)2-5-17(11)26-10-15-16(22)4-3-14(19(15)21(26)29)20(28)25-13-6-7-24-18(27)9-13/h2-9H,10H2,1H3,(H2,24,25,27,28). The smallest absolute Gasteiger partial charge is 0.259 e. The molecule has 0 radical (unpaired) electrons. The molecule has 2 N–H and O–H groups in total. The van der Waals surface area contributed by atoms with Gasteiger partial charge in [0.15, 0.2) is 0 Å². The van der Waals surface area contributed by atoms with Crippen LogP contribution < -0.4 is 15.8 Å². The molecule has 1 aliphatic heterocycles. The fourth-order valence-corrected chi connectivity index (χ4v) is 3.87. The van der Waals surface area contributed by atoms with Crippen molar-refractivity contribution in [1.29, 1.82) is 0 Å². The molecule has 3 aromatic rings. The summed E-state index contributed by atoms with van der Waals surface area (Å²) in [5.74, 6) is -1.22. The van der Waals surface area contributed by atoms with Gasteiger partial charge >= 0.3 is 0 Å². The van der Waals surface area contributed by atoms with Crippen LogP contribution >= 0.6 is 15.9 Å². The minimum Gasteiger partial charge on any atom is -0.329 e. The van der Waals surface area contributed by atoms with E-state index in [1.165, 1.54) is 29.3 Å². The van der Waals surface area contributed by atoms with Crippen molar-refractivity contribution in [2.75, 3.05) is 10.2 Å². The Labute approximate surface area is 173 Å². The van der Waals surface area contributed by atoms with Crippen molar-refractivity contribution in [3.05, 3.63) is 91.6 Å². The van der Waals surface area contributed by atoms with Crippen LogP contribution in [0.5, 0.6) is 0 Å². The Hall–Kier alpha value is -3.26. The number of benzene rings is 2. The number of anilines is 2. The molecule has 29 heavy (non-hydrogen) atoms. The zero-order valence-electron chi connectivity index (χ0n) is 15.3. The lowest BCUT2D eigenvalue weighted by Crippen LogP contribution is -2.25. The summed E-state index contributed by atoms with van der Waals surface area (Å²) < 4.78 is 14.2. The van der Waals surface area contributed by atoms with Crippen molar-refractivity contribution in [2.24, 2.45) is 0 Å². The first kappa shape index (κ1) is 19.1. The fourth-order valence-electron chi connectivity index (χ4n) is 3.41. The van der Waals surface area contributed by atoms with Gasteiger partial charge in [-0.2, -0.15) is 0 Å². The maximum absolute atomic E-state index is 13.5. The van der Waals surface area contributed by atoms with E-state index in [0.29, 0.717) is 27.0 Å². The molecule has 6 nitrogen and oxygen atoms in total. The van der Waals surface area contributed by atoms with Crippen LogP contribution in [0.2, 0.25) is 0 Å². The second-order valence-electron chi connectivity index (χ2n) is 6.67. The molecule has 0 saturated heterocycles. The Morgan fingerprint density at radius 2 is 1.97 bits per heavy atom. The summed E-state index contributed by atoms with van der Waals surface area (Å²) in [5.41, 5.74) is 2.35. The number of aryl methyl sites for hydroxylation is 1. The molecule has 0 bridgehead atoms. The summed E-state index contributed by atoms with van der Waals surface area (Å²) in [6.07, 6.45) is 1.42. The number of fused-ring (bicyclic) bond motifs is 1. The lowest BCUT2D eigenvalue weighted by molar-refractivity contribution is 0.0976. The molecular formula is C21H15BrFN3O3. The number of nitrogens with one attached hydrogen (secondary N) is 2. The van der Waals surface area contributed by atoms with Gasteiger partial charge in [-0.15, -0.1) is 0 Å². The maximum atomic E-state index is 13.5. The zero-order valence-corrected chi connectivity index (χ0v) is 16.8. The van der Waals surface area contributed by atoms with Gasteiger partial charge in [0.05, 0.1) is 17.7 Å². The number of hydrogen-bond acceptors (Lipinski definition) is 3. The molecule has 8 heteroatoms. The molecule has 0 fully saturated rings. The van der Waals surface area contributed by atoms with Crippen LogP contribution in [0.15, 0.2) is 57.9 Å². The summed E-state index contributed by atoms with van der Waals surface area (Å²) in [6.45, 7) is 1.98. The molecule has 0 saturated carbocycles. The minimum absolute atomic E-state index is 0.204. The number of aromatic amines is 1. The van der Waals surface area contributed by atoms with Gasteiger partial charge in [-0.25, -0.2) is 4.39 Å². The molecule has 0 spiro atoms. The van der Waals surface area contributed by atoms with Crippen molar-refractivity contribution in [3.8, 4) is 0 Å². The number of nitrogens with zero attached hydrogens (tertiary/aromatic N) is 1. The average Bonchev–Trinajstić information content (AvgIpc) is 3.00. The highest BCUT2D eigenvalue weighted by Crippen LogP contribution is 2.36. The first-order chi connectivity index (χ1) is 13.8. The predicted molar refractivity (Wildman–Crippen MR) is 111 cm³/mol. The Morgan fingerprint density at radius 1 is 1.17 bits per heavy atom. The summed E-state index contributed by atoms with van der Waals surface area (Å²) in [4.78, 5) is 41.5. The van der Waals surface area contributed by atoms with Gasteiger partial charge in [0.25, 0.3) is 11.8 Å². The third-order valence-corrected chi connectivity index (χ3v) is 5.50. The number of pyridine rings is 1. The molecule has 146 valence electrons. The topological polar surface area (TPSA) is 82.3 Å². The van der Waals surface area contributed by atoms with E-state index in [-0.39, 0.29) is 35.0 Å². The number of halogens is 2. The van der Waals surface area contributed by atoms with E-state index in [9.17, 15) is 18.8 Å². The second kappa shape index (κ2) is 7.29. The van der Waals surface area contributed by atoms with Crippen molar-refractivity contribution in [1.82, 2.24) is 4.98 Å². The molecule has 4 rings (SSSR count). The summed E-state index contributed by atoms with van der Waals surface area (Å²) in [6, 6.07) is 10.3. The lowest BCUT2D eigenvalue weighted by atomic mass is 10.0. The van der Waals surface area contributed by atoms with E-state index >= 15 is 0 Å². The lowest BCUT2D eigenvalue weighted by Gasteiger charge is -2.18. The molecule has 0 aliphatic carbocycles. The average molecular weight is 456 g/mol. The van der Waals surface area contributed by atoms with E-state index in [0.717, 1.165) is 0 Å².